The predicted octanol–water partition coefficient (Wildman–Crippen LogP) is 8.29. The van der Waals surface area contributed by atoms with Crippen LogP contribution >= 0.6 is 11.6 Å². The lowest BCUT2D eigenvalue weighted by Gasteiger charge is -2.11. The van der Waals surface area contributed by atoms with E-state index in [0.717, 1.165) is 73.3 Å². The summed E-state index contributed by atoms with van der Waals surface area (Å²) in [6, 6.07) is 34.4. The third-order valence-corrected chi connectivity index (χ3v) is 7.67. The summed E-state index contributed by atoms with van der Waals surface area (Å²) < 4.78 is 8.22. The minimum Gasteiger partial charge on any atom is -0.494 e. The highest BCUT2D eigenvalue weighted by Gasteiger charge is 2.10. The highest BCUT2D eigenvalue weighted by atomic mass is 35.5. The van der Waals surface area contributed by atoms with Crippen LogP contribution in [0.3, 0.4) is 0 Å². The van der Waals surface area contributed by atoms with Crippen LogP contribution in [-0.4, -0.2) is 28.6 Å². The van der Waals surface area contributed by atoms with Crippen molar-refractivity contribution in [1.82, 2.24) is 14.9 Å². The molecule has 0 aliphatic heterocycles. The Bertz CT molecular complexity index is 1550. The molecule has 1 heterocycles. The molecule has 0 spiro atoms. The Morgan fingerprint density at radius 3 is 2.31 bits per heavy atom. The number of aryl methyl sites for hydroxylation is 2. The van der Waals surface area contributed by atoms with Gasteiger partial charge < -0.3 is 14.6 Å². The van der Waals surface area contributed by atoms with Crippen LogP contribution in [0.25, 0.3) is 22.2 Å². The third-order valence-electron chi connectivity index (χ3n) is 7.42. The van der Waals surface area contributed by atoms with E-state index in [4.69, 9.17) is 21.3 Å². The van der Waals surface area contributed by atoms with Gasteiger partial charge in [0.1, 0.15) is 11.6 Å². The lowest BCUT2D eigenvalue weighted by molar-refractivity contribution is -0.120. The molecule has 0 bridgehead atoms. The second kappa shape index (κ2) is 15.2. The van der Waals surface area contributed by atoms with Gasteiger partial charge >= 0.3 is 0 Å². The first-order chi connectivity index (χ1) is 20.7. The molecule has 4 aromatic carbocycles. The average Bonchev–Trinajstić information content (AvgIpc) is 3.37. The van der Waals surface area contributed by atoms with Crippen LogP contribution in [0, 0.1) is 0 Å². The molecule has 5 rings (SSSR count). The van der Waals surface area contributed by atoms with Gasteiger partial charge in [-0.1, -0.05) is 84.8 Å². The van der Waals surface area contributed by atoms with Gasteiger partial charge in [-0.05, 0) is 78.8 Å². The van der Waals surface area contributed by atoms with E-state index in [2.05, 4.69) is 52.3 Å². The molecular formula is C36H38ClN3O2. The Hall–Kier alpha value is -4.09. The van der Waals surface area contributed by atoms with Crippen molar-refractivity contribution in [2.45, 2.75) is 51.5 Å². The van der Waals surface area contributed by atoms with Gasteiger partial charge in [-0.3, -0.25) is 4.79 Å². The Morgan fingerprint density at radius 2 is 1.50 bits per heavy atom. The standard InChI is InChI=1S/C36H38ClN3O2/c37-31-20-22-32(23-21-31)42-26-10-9-25-40-34-14-7-6-13-33(34)39-35(40)15-5-2-8-24-38-36(41)27-28-16-18-30(19-17-28)29-11-3-1-4-12-29/h1,3-4,6-7,11-14,16-23H,2,5,8-10,15,24-27H2,(H,38,41). The zero-order valence-corrected chi connectivity index (χ0v) is 24.7. The molecule has 0 atom stereocenters. The minimum atomic E-state index is 0.0734. The van der Waals surface area contributed by atoms with Gasteiger partial charge in [0.05, 0.1) is 24.1 Å². The van der Waals surface area contributed by atoms with Crippen LogP contribution in [0.1, 0.15) is 43.5 Å². The van der Waals surface area contributed by atoms with Crippen molar-refractivity contribution >= 4 is 28.5 Å². The predicted molar refractivity (Wildman–Crippen MR) is 172 cm³/mol. The van der Waals surface area contributed by atoms with Gasteiger partial charge in [0.15, 0.2) is 0 Å². The maximum Gasteiger partial charge on any atom is 0.224 e. The fraction of sp³-hybridized carbons (Fsp3) is 0.278. The molecule has 0 unspecified atom stereocenters. The molecule has 42 heavy (non-hydrogen) atoms. The van der Waals surface area contributed by atoms with Crippen molar-refractivity contribution in [3.05, 3.63) is 120 Å². The summed E-state index contributed by atoms with van der Waals surface area (Å²) in [6.45, 7) is 2.29. The summed E-state index contributed by atoms with van der Waals surface area (Å²) in [5, 5.41) is 3.80. The van der Waals surface area contributed by atoms with Crippen LogP contribution in [0.15, 0.2) is 103 Å². The van der Waals surface area contributed by atoms with E-state index in [0.29, 0.717) is 24.6 Å². The smallest absolute Gasteiger partial charge is 0.224 e. The fourth-order valence-electron chi connectivity index (χ4n) is 5.16. The number of unbranched alkanes of at least 4 members (excludes halogenated alkanes) is 3. The number of carbonyl (C=O) groups is 1. The molecule has 1 amide bonds. The highest BCUT2D eigenvalue weighted by Crippen LogP contribution is 2.21. The molecule has 5 aromatic rings. The van der Waals surface area contributed by atoms with Gasteiger partial charge in [0, 0.05) is 24.5 Å². The van der Waals surface area contributed by atoms with E-state index in [1.165, 1.54) is 11.1 Å². The summed E-state index contributed by atoms with van der Waals surface area (Å²) in [5.41, 5.74) is 5.62. The molecule has 1 N–H and O–H groups in total. The molecule has 6 heteroatoms. The number of halogens is 1. The van der Waals surface area contributed by atoms with Crippen molar-refractivity contribution in [3.8, 4) is 16.9 Å². The van der Waals surface area contributed by atoms with Gasteiger partial charge in [-0.25, -0.2) is 4.98 Å². The monoisotopic (exact) mass is 579 g/mol. The first-order valence-corrected chi connectivity index (χ1v) is 15.3. The number of fused-ring (bicyclic) bond motifs is 1. The SMILES string of the molecule is O=C(Cc1ccc(-c2ccccc2)cc1)NCCCCCc1nc2ccccc2n1CCCCOc1ccc(Cl)cc1. The summed E-state index contributed by atoms with van der Waals surface area (Å²) in [6.07, 6.45) is 6.36. The van der Waals surface area contributed by atoms with E-state index in [1.807, 2.05) is 60.7 Å². The fourth-order valence-corrected chi connectivity index (χ4v) is 5.29. The summed E-state index contributed by atoms with van der Waals surface area (Å²) in [5.74, 6) is 2.06. The zero-order chi connectivity index (χ0) is 29.0. The lowest BCUT2D eigenvalue weighted by Crippen LogP contribution is -2.26. The number of imidazole rings is 1. The Balaban J connectivity index is 1.02. The van der Waals surface area contributed by atoms with Gasteiger partial charge in [0.2, 0.25) is 5.91 Å². The Labute approximate surface area is 253 Å². The molecule has 0 saturated heterocycles. The van der Waals surface area contributed by atoms with E-state index in [-0.39, 0.29) is 5.91 Å². The largest absolute Gasteiger partial charge is 0.494 e. The number of aromatic nitrogens is 2. The lowest BCUT2D eigenvalue weighted by atomic mass is 10.0. The van der Waals surface area contributed by atoms with Crippen molar-refractivity contribution in [1.29, 1.82) is 0 Å². The topological polar surface area (TPSA) is 56.2 Å². The van der Waals surface area contributed by atoms with E-state index < -0.39 is 0 Å². The molecule has 1 aromatic heterocycles. The zero-order valence-electron chi connectivity index (χ0n) is 24.0. The van der Waals surface area contributed by atoms with Crippen molar-refractivity contribution in [3.63, 3.8) is 0 Å². The first-order valence-electron chi connectivity index (χ1n) is 14.9. The maximum absolute atomic E-state index is 12.5. The average molecular weight is 580 g/mol. The second-order valence-electron chi connectivity index (χ2n) is 10.6. The van der Waals surface area contributed by atoms with Gasteiger partial charge in [0.25, 0.3) is 0 Å². The van der Waals surface area contributed by atoms with Gasteiger partial charge in [-0.2, -0.15) is 0 Å². The number of para-hydroxylation sites is 2. The van der Waals surface area contributed by atoms with Crippen molar-refractivity contribution in [2.75, 3.05) is 13.2 Å². The number of carbonyl (C=O) groups excluding carboxylic acids is 1. The Morgan fingerprint density at radius 1 is 0.762 bits per heavy atom. The summed E-state index contributed by atoms with van der Waals surface area (Å²) >= 11 is 5.95. The number of hydrogen-bond donors (Lipinski definition) is 1. The van der Waals surface area contributed by atoms with Crippen LogP contribution in [0.2, 0.25) is 5.02 Å². The highest BCUT2D eigenvalue weighted by molar-refractivity contribution is 6.30. The number of amides is 1. The van der Waals surface area contributed by atoms with Crippen LogP contribution in [0.4, 0.5) is 0 Å². The first kappa shape index (κ1) is 29.4. The number of nitrogens with one attached hydrogen (secondary N) is 1. The van der Waals surface area contributed by atoms with E-state index >= 15 is 0 Å². The molecule has 0 aliphatic rings. The molecule has 0 fully saturated rings. The molecule has 216 valence electrons. The van der Waals surface area contributed by atoms with Crippen molar-refractivity contribution in [2.24, 2.45) is 0 Å². The van der Waals surface area contributed by atoms with Gasteiger partial charge in [-0.15, -0.1) is 0 Å². The normalized spacial score (nSPS) is 11.1. The molecule has 5 nitrogen and oxygen atoms in total. The van der Waals surface area contributed by atoms with Crippen LogP contribution < -0.4 is 10.1 Å². The molecule has 0 aliphatic carbocycles. The summed E-state index contributed by atoms with van der Waals surface area (Å²) in [7, 11) is 0. The maximum atomic E-state index is 12.5. The van der Waals surface area contributed by atoms with Crippen molar-refractivity contribution < 1.29 is 9.53 Å². The van der Waals surface area contributed by atoms with Crippen LogP contribution in [0.5, 0.6) is 5.75 Å². The minimum absolute atomic E-state index is 0.0734. The molecular weight excluding hydrogens is 542 g/mol. The second-order valence-corrected chi connectivity index (χ2v) is 11.0. The van der Waals surface area contributed by atoms with Crippen LogP contribution in [-0.2, 0) is 24.2 Å². The van der Waals surface area contributed by atoms with E-state index in [1.54, 1.807) is 0 Å². The molecule has 0 radical (unpaired) electrons. The number of hydrogen-bond acceptors (Lipinski definition) is 3. The third kappa shape index (κ3) is 8.46. The number of nitrogens with zero attached hydrogens (tertiary/aromatic N) is 2. The number of ether oxygens (including phenoxy) is 1. The number of rotatable bonds is 15. The molecule has 0 saturated carbocycles. The quantitative estimate of drug-likeness (QED) is 0.127. The Kier molecular flexibility index (Phi) is 10.7. The number of benzene rings is 4. The van der Waals surface area contributed by atoms with E-state index in [9.17, 15) is 4.79 Å². The summed E-state index contributed by atoms with van der Waals surface area (Å²) in [4.78, 5) is 17.4.